The van der Waals surface area contributed by atoms with Crippen molar-refractivity contribution in [2.24, 2.45) is 0 Å². The molecule has 1 aromatic heterocycles. The number of hydrogen-bond donors (Lipinski definition) is 2. The van der Waals surface area contributed by atoms with Gasteiger partial charge in [0.2, 0.25) is 0 Å². The lowest BCUT2D eigenvalue weighted by atomic mass is 10.3. The van der Waals surface area contributed by atoms with E-state index in [9.17, 15) is 9.59 Å². The molecule has 0 amide bonds. The fraction of sp³-hybridized carbons (Fsp3) is 0.231. The quantitative estimate of drug-likeness (QED) is 0.668. The third-order valence-electron chi connectivity index (χ3n) is 3.24. The number of nitrogens with one attached hydrogen (secondary N) is 1. The first-order chi connectivity index (χ1) is 9.61. The van der Waals surface area contributed by atoms with Crippen LogP contribution in [0.4, 0.5) is 5.69 Å². The molecule has 0 bridgehead atoms. The Labute approximate surface area is 118 Å². The lowest BCUT2D eigenvalue weighted by Crippen LogP contribution is -2.38. The summed E-state index contributed by atoms with van der Waals surface area (Å²) in [6.07, 6.45) is 1.66. The first-order valence-electron chi connectivity index (χ1n) is 6.16. The van der Waals surface area contributed by atoms with E-state index < -0.39 is 5.69 Å². The van der Waals surface area contributed by atoms with Crippen molar-refractivity contribution in [1.29, 1.82) is 0 Å². The van der Waals surface area contributed by atoms with Gasteiger partial charge in [0.15, 0.2) is 0 Å². The van der Waals surface area contributed by atoms with E-state index in [1.807, 2.05) is 5.48 Å². The van der Waals surface area contributed by atoms with Crippen LogP contribution < -0.4 is 16.7 Å². The molecule has 0 aliphatic heterocycles. The maximum atomic E-state index is 12.5. The SMILES string of the molecule is O=c1cc(Cl)n(-c2cccc(NO)c2)c(=O)n1C1CC1. The molecule has 3 rings (SSSR count). The highest BCUT2D eigenvalue weighted by molar-refractivity contribution is 6.29. The molecule has 2 N–H and O–H groups in total. The van der Waals surface area contributed by atoms with Crippen LogP contribution in [0.2, 0.25) is 5.15 Å². The van der Waals surface area contributed by atoms with Crippen molar-refractivity contribution in [1.82, 2.24) is 9.13 Å². The molecular formula is C13H12ClN3O3. The Kier molecular flexibility index (Phi) is 3.11. The van der Waals surface area contributed by atoms with Crippen molar-refractivity contribution in [2.45, 2.75) is 18.9 Å². The van der Waals surface area contributed by atoms with Crippen LogP contribution in [0.25, 0.3) is 5.69 Å². The molecule has 0 radical (unpaired) electrons. The summed E-state index contributed by atoms with van der Waals surface area (Å²) in [6, 6.07) is 7.76. The molecular weight excluding hydrogens is 282 g/mol. The van der Waals surface area contributed by atoms with E-state index in [2.05, 4.69) is 0 Å². The Morgan fingerprint density at radius 2 is 2.00 bits per heavy atom. The normalized spacial score (nSPS) is 14.3. The second kappa shape index (κ2) is 4.81. The smallest absolute Gasteiger partial charge is 0.291 e. The highest BCUT2D eigenvalue weighted by atomic mass is 35.5. The average Bonchev–Trinajstić information content (AvgIpc) is 3.23. The van der Waals surface area contributed by atoms with Gasteiger partial charge in [-0.3, -0.25) is 24.6 Å². The predicted octanol–water partition coefficient (Wildman–Crippen LogP) is 1.79. The van der Waals surface area contributed by atoms with Crippen molar-refractivity contribution in [2.75, 3.05) is 5.48 Å². The monoisotopic (exact) mass is 293 g/mol. The summed E-state index contributed by atoms with van der Waals surface area (Å²) in [7, 11) is 0. The zero-order chi connectivity index (χ0) is 14.3. The molecule has 6 nitrogen and oxygen atoms in total. The molecule has 2 aromatic rings. The van der Waals surface area contributed by atoms with Crippen LogP contribution in [-0.4, -0.2) is 14.3 Å². The number of halogens is 1. The van der Waals surface area contributed by atoms with Crippen molar-refractivity contribution in [3.05, 3.63) is 56.3 Å². The van der Waals surface area contributed by atoms with E-state index in [1.54, 1.807) is 24.3 Å². The molecule has 1 saturated carbocycles. The highest BCUT2D eigenvalue weighted by Crippen LogP contribution is 2.32. The first-order valence-corrected chi connectivity index (χ1v) is 6.54. The predicted molar refractivity (Wildman–Crippen MR) is 75.0 cm³/mol. The molecule has 7 heteroatoms. The van der Waals surface area contributed by atoms with Crippen molar-refractivity contribution in [3.8, 4) is 5.69 Å². The van der Waals surface area contributed by atoms with Crippen LogP contribution >= 0.6 is 11.6 Å². The van der Waals surface area contributed by atoms with Crippen molar-refractivity contribution < 1.29 is 5.21 Å². The van der Waals surface area contributed by atoms with Gasteiger partial charge in [0.05, 0.1) is 11.4 Å². The van der Waals surface area contributed by atoms with Gasteiger partial charge >= 0.3 is 5.69 Å². The van der Waals surface area contributed by atoms with Gasteiger partial charge in [0, 0.05) is 12.1 Å². The molecule has 0 spiro atoms. The zero-order valence-electron chi connectivity index (χ0n) is 10.4. The fourth-order valence-electron chi connectivity index (χ4n) is 2.15. The topological polar surface area (TPSA) is 76.3 Å². The Bertz CT molecular complexity index is 777. The number of hydrogen-bond acceptors (Lipinski definition) is 4. The van der Waals surface area contributed by atoms with E-state index >= 15 is 0 Å². The number of benzene rings is 1. The minimum absolute atomic E-state index is 0.0299. The van der Waals surface area contributed by atoms with Gasteiger partial charge in [-0.15, -0.1) is 0 Å². The Balaban J connectivity index is 2.25. The molecule has 20 heavy (non-hydrogen) atoms. The van der Waals surface area contributed by atoms with Gasteiger partial charge in [0.1, 0.15) is 5.15 Å². The average molecular weight is 294 g/mol. The van der Waals surface area contributed by atoms with Crippen molar-refractivity contribution in [3.63, 3.8) is 0 Å². The lowest BCUT2D eigenvalue weighted by Gasteiger charge is -2.12. The largest absolute Gasteiger partial charge is 0.337 e. The molecule has 1 aliphatic rings. The summed E-state index contributed by atoms with van der Waals surface area (Å²) >= 11 is 6.03. The summed E-state index contributed by atoms with van der Waals surface area (Å²) in [4.78, 5) is 24.3. The molecule has 104 valence electrons. The number of nitrogens with zero attached hydrogens (tertiary/aromatic N) is 2. The van der Waals surface area contributed by atoms with Gasteiger partial charge in [0.25, 0.3) is 5.56 Å². The van der Waals surface area contributed by atoms with Crippen LogP contribution in [0.5, 0.6) is 0 Å². The van der Waals surface area contributed by atoms with Crippen LogP contribution in [0.1, 0.15) is 18.9 Å². The van der Waals surface area contributed by atoms with Gasteiger partial charge in [-0.2, -0.15) is 0 Å². The van der Waals surface area contributed by atoms with E-state index in [-0.39, 0.29) is 16.8 Å². The maximum Gasteiger partial charge on any atom is 0.337 e. The summed E-state index contributed by atoms with van der Waals surface area (Å²) in [6.45, 7) is 0. The molecule has 1 aliphatic carbocycles. The lowest BCUT2D eigenvalue weighted by molar-refractivity contribution is 0.389. The molecule has 1 fully saturated rings. The van der Waals surface area contributed by atoms with Gasteiger partial charge in [-0.05, 0) is 31.0 Å². The fourth-order valence-corrected chi connectivity index (χ4v) is 2.41. The minimum Gasteiger partial charge on any atom is -0.291 e. The Morgan fingerprint density at radius 1 is 1.25 bits per heavy atom. The molecule has 1 heterocycles. The molecule has 0 saturated heterocycles. The maximum absolute atomic E-state index is 12.5. The second-order valence-electron chi connectivity index (χ2n) is 4.69. The molecule has 0 unspecified atom stereocenters. The standard InChI is InChI=1S/C13H12ClN3O3/c14-11-7-12(18)17(9-4-5-9)13(19)16(11)10-3-1-2-8(6-10)15-20/h1-3,6-7,9,15,20H,4-5H2. The number of rotatable bonds is 3. The van der Waals surface area contributed by atoms with Crippen molar-refractivity contribution >= 4 is 17.3 Å². The third-order valence-corrected chi connectivity index (χ3v) is 3.51. The first kappa shape index (κ1) is 13.0. The van der Waals surface area contributed by atoms with Gasteiger partial charge in [-0.25, -0.2) is 4.79 Å². The Morgan fingerprint density at radius 3 is 2.65 bits per heavy atom. The summed E-state index contributed by atoms with van der Waals surface area (Å²) < 4.78 is 2.48. The van der Waals surface area contributed by atoms with Gasteiger partial charge in [-0.1, -0.05) is 17.7 Å². The van der Waals surface area contributed by atoms with Crippen LogP contribution in [0.15, 0.2) is 39.9 Å². The van der Waals surface area contributed by atoms with Crippen LogP contribution in [0.3, 0.4) is 0 Å². The van der Waals surface area contributed by atoms with E-state index in [0.29, 0.717) is 11.4 Å². The van der Waals surface area contributed by atoms with Gasteiger partial charge < -0.3 is 0 Å². The summed E-state index contributed by atoms with van der Waals surface area (Å²) in [5.41, 5.74) is 2.08. The molecule has 0 atom stereocenters. The second-order valence-corrected chi connectivity index (χ2v) is 5.07. The zero-order valence-corrected chi connectivity index (χ0v) is 11.2. The van der Waals surface area contributed by atoms with Crippen LogP contribution in [-0.2, 0) is 0 Å². The highest BCUT2D eigenvalue weighted by Gasteiger charge is 2.28. The minimum atomic E-state index is -0.458. The summed E-state index contributed by atoms with van der Waals surface area (Å²) in [5, 5.41) is 8.97. The Hall–Kier alpha value is -2.05. The third kappa shape index (κ3) is 2.13. The molecule has 1 aromatic carbocycles. The number of anilines is 1. The summed E-state index contributed by atoms with van der Waals surface area (Å²) in [5.74, 6) is 0. The van der Waals surface area contributed by atoms with E-state index in [1.165, 1.54) is 15.2 Å². The van der Waals surface area contributed by atoms with E-state index in [0.717, 1.165) is 12.8 Å². The number of aromatic nitrogens is 2. The van der Waals surface area contributed by atoms with Crippen LogP contribution in [0, 0.1) is 0 Å². The van der Waals surface area contributed by atoms with E-state index in [4.69, 9.17) is 16.8 Å².